The van der Waals surface area contributed by atoms with Gasteiger partial charge in [-0.3, -0.25) is 10.1 Å². The van der Waals surface area contributed by atoms with E-state index in [1.54, 1.807) is 0 Å². The standard InChI is InChI=1S/C12H20N4O2S.ClH/c1-8(2)7-9-15-16-11(19-9)14-10(17)12(13)3-5-18-6-4-12;/h8H,3-7,13H2,1-2H3,(H,14,16,17);1H. The van der Waals surface area contributed by atoms with Gasteiger partial charge in [0.05, 0.1) is 0 Å². The smallest absolute Gasteiger partial charge is 0.246 e. The lowest BCUT2D eigenvalue weighted by atomic mass is 9.90. The highest BCUT2D eigenvalue weighted by molar-refractivity contribution is 7.15. The number of carbonyl (C=O) groups excluding carboxylic acids is 1. The van der Waals surface area contributed by atoms with Crippen molar-refractivity contribution in [3.05, 3.63) is 5.01 Å². The lowest BCUT2D eigenvalue weighted by molar-refractivity contribution is -0.124. The Morgan fingerprint density at radius 2 is 2.10 bits per heavy atom. The van der Waals surface area contributed by atoms with Gasteiger partial charge in [-0.15, -0.1) is 22.6 Å². The van der Waals surface area contributed by atoms with Crippen molar-refractivity contribution in [1.82, 2.24) is 10.2 Å². The van der Waals surface area contributed by atoms with Gasteiger partial charge in [0.1, 0.15) is 10.5 Å². The molecule has 1 aromatic rings. The molecule has 1 saturated heterocycles. The van der Waals surface area contributed by atoms with Gasteiger partial charge in [-0.1, -0.05) is 25.2 Å². The lowest BCUT2D eigenvalue weighted by Gasteiger charge is -2.31. The Morgan fingerprint density at radius 1 is 1.45 bits per heavy atom. The van der Waals surface area contributed by atoms with Crippen LogP contribution in [0.3, 0.4) is 0 Å². The molecule has 0 spiro atoms. The number of hydrogen-bond acceptors (Lipinski definition) is 6. The predicted octanol–water partition coefficient (Wildman–Crippen LogP) is 1.60. The number of aromatic nitrogens is 2. The van der Waals surface area contributed by atoms with Crippen LogP contribution < -0.4 is 11.1 Å². The molecule has 3 N–H and O–H groups in total. The fraction of sp³-hybridized carbons (Fsp3) is 0.750. The van der Waals surface area contributed by atoms with E-state index in [0.29, 0.717) is 37.1 Å². The van der Waals surface area contributed by atoms with E-state index in [2.05, 4.69) is 29.4 Å². The maximum absolute atomic E-state index is 12.2. The van der Waals surface area contributed by atoms with Crippen LogP contribution in [0.25, 0.3) is 0 Å². The summed E-state index contributed by atoms with van der Waals surface area (Å²) >= 11 is 1.41. The largest absolute Gasteiger partial charge is 0.381 e. The number of hydrogen-bond donors (Lipinski definition) is 2. The van der Waals surface area contributed by atoms with Crippen LogP contribution in [-0.2, 0) is 16.0 Å². The molecule has 1 aliphatic rings. The molecule has 20 heavy (non-hydrogen) atoms. The second kappa shape index (κ2) is 7.31. The van der Waals surface area contributed by atoms with E-state index >= 15 is 0 Å². The molecule has 0 bridgehead atoms. The fourth-order valence-corrected chi connectivity index (χ4v) is 2.87. The summed E-state index contributed by atoms with van der Waals surface area (Å²) in [7, 11) is 0. The van der Waals surface area contributed by atoms with Crippen LogP contribution in [0.2, 0.25) is 0 Å². The predicted molar refractivity (Wildman–Crippen MR) is 81.3 cm³/mol. The monoisotopic (exact) mass is 320 g/mol. The van der Waals surface area contributed by atoms with Crippen molar-refractivity contribution in [3.63, 3.8) is 0 Å². The summed E-state index contributed by atoms with van der Waals surface area (Å²) in [4.78, 5) is 12.2. The molecule has 6 nitrogen and oxygen atoms in total. The van der Waals surface area contributed by atoms with Gasteiger partial charge < -0.3 is 10.5 Å². The highest BCUT2D eigenvalue weighted by Gasteiger charge is 2.36. The SMILES string of the molecule is CC(C)Cc1nnc(NC(=O)C2(N)CCOCC2)s1.Cl. The van der Waals surface area contributed by atoms with Crippen molar-refractivity contribution >= 4 is 34.8 Å². The van der Waals surface area contributed by atoms with Crippen molar-refractivity contribution < 1.29 is 9.53 Å². The minimum atomic E-state index is -0.845. The Balaban J connectivity index is 0.00000200. The Kier molecular flexibility index (Phi) is 6.32. The van der Waals surface area contributed by atoms with Crippen LogP contribution in [0.1, 0.15) is 31.7 Å². The minimum absolute atomic E-state index is 0. The summed E-state index contributed by atoms with van der Waals surface area (Å²) < 4.78 is 5.23. The van der Waals surface area contributed by atoms with Crippen molar-refractivity contribution in [1.29, 1.82) is 0 Å². The summed E-state index contributed by atoms with van der Waals surface area (Å²) in [6.07, 6.45) is 1.95. The zero-order chi connectivity index (χ0) is 13.9. The molecule has 8 heteroatoms. The van der Waals surface area contributed by atoms with E-state index in [0.717, 1.165) is 11.4 Å². The molecule has 1 aromatic heterocycles. The van der Waals surface area contributed by atoms with Crippen molar-refractivity contribution in [3.8, 4) is 0 Å². The summed E-state index contributed by atoms with van der Waals surface area (Å²) in [6, 6.07) is 0. The number of nitrogens with one attached hydrogen (secondary N) is 1. The van der Waals surface area contributed by atoms with Crippen LogP contribution in [0.5, 0.6) is 0 Å². The first-order chi connectivity index (χ1) is 8.99. The molecule has 0 unspecified atom stereocenters. The molecule has 0 saturated carbocycles. The van der Waals surface area contributed by atoms with E-state index in [1.807, 2.05) is 0 Å². The Hall–Kier alpha value is -0.760. The zero-order valence-electron chi connectivity index (χ0n) is 11.7. The second-order valence-corrected chi connectivity index (χ2v) is 6.38. The molecule has 0 radical (unpaired) electrons. The van der Waals surface area contributed by atoms with Gasteiger partial charge in [-0.05, 0) is 18.8 Å². The molecule has 1 amide bonds. The van der Waals surface area contributed by atoms with E-state index in [4.69, 9.17) is 10.5 Å². The van der Waals surface area contributed by atoms with Crippen LogP contribution in [-0.4, -0.2) is 34.9 Å². The third kappa shape index (κ3) is 4.37. The van der Waals surface area contributed by atoms with Gasteiger partial charge >= 0.3 is 0 Å². The molecule has 1 aliphatic heterocycles. The lowest BCUT2D eigenvalue weighted by Crippen LogP contribution is -2.54. The Bertz CT molecular complexity index is 446. The number of amides is 1. The van der Waals surface area contributed by atoms with Crippen molar-refractivity contribution in [2.45, 2.75) is 38.6 Å². The van der Waals surface area contributed by atoms with Crippen LogP contribution in [0.15, 0.2) is 0 Å². The van der Waals surface area contributed by atoms with Gasteiger partial charge in [-0.2, -0.15) is 0 Å². The average Bonchev–Trinajstić information content (AvgIpc) is 2.76. The van der Waals surface area contributed by atoms with E-state index in [-0.39, 0.29) is 18.3 Å². The molecule has 114 valence electrons. The molecule has 1 fully saturated rings. The minimum Gasteiger partial charge on any atom is -0.381 e. The first-order valence-corrected chi connectivity index (χ1v) is 7.32. The summed E-state index contributed by atoms with van der Waals surface area (Å²) in [5.74, 6) is 0.330. The third-order valence-corrected chi connectivity index (χ3v) is 3.97. The quantitative estimate of drug-likeness (QED) is 0.879. The molecule has 2 rings (SSSR count). The third-order valence-electron chi connectivity index (χ3n) is 3.11. The maximum Gasteiger partial charge on any atom is 0.246 e. The van der Waals surface area contributed by atoms with Crippen molar-refractivity contribution in [2.75, 3.05) is 18.5 Å². The molecule has 0 atom stereocenters. The number of ether oxygens (including phenoxy) is 1. The van der Waals surface area contributed by atoms with Crippen LogP contribution in [0.4, 0.5) is 5.13 Å². The van der Waals surface area contributed by atoms with Crippen LogP contribution >= 0.6 is 23.7 Å². The van der Waals surface area contributed by atoms with Crippen LogP contribution in [0, 0.1) is 5.92 Å². The number of anilines is 1. The topological polar surface area (TPSA) is 90.1 Å². The van der Waals surface area contributed by atoms with Gasteiger partial charge in [0.2, 0.25) is 11.0 Å². The number of rotatable bonds is 4. The number of nitrogens with zero attached hydrogens (tertiary/aromatic N) is 2. The first kappa shape index (κ1) is 17.3. The highest BCUT2D eigenvalue weighted by atomic mass is 35.5. The molecule has 0 aromatic carbocycles. The van der Waals surface area contributed by atoms with Gasteiger partial charge in [0.15, 0.2) is 0 Å². The molecule has 0 aliphatic carbocycles. The van der Waals surface area contributed by atoms with E-state index in [9.17, 15) is 4.79 Å². The summed E-state index contributed by atoms with van der Waals surface area (Å²) in [5, 5.41) is 12.3. The Morgan fingerprint density at radius 3 is 2.70 bits per heavy atom. The highest BCUT2D eigenvalue weighted by Crippen LogP contribution is 2.22. The van der Waals surface area contributed by atoms with Gasteiger partial charge in [-0.25, -0.2) is 0 Å². The molecule has 2 heterocycles. The number of nitrogens with two attached hydrogens (primary N) is 1. The normalized spacial score (nSPS) is 17.6. The maximum atomic E-state index is 12.2. The number of halogens is 1. The van der Waals surface area contributed by atoms with E-state index < -0.39 is 5.54 Å². The van der Waals surface area contributed by atoms with E-state index in [1.165, 1.54) is 11.3 Å². The molecular formula is C12H21ClN4O2S. The van der Waals surface area contributed by atoms with Crippen molar-refractivity contribution in [2.24, 2.45) is 11.7 Å². The summed E-state index contributed by atoms with van der Waals surface area (Å²) in [6.45, 7) is 5.30. The van der Waals surface area contributed by atoms with Gasteiger partial charge in [0, 0.05) is 19.6 Å². The second-order valence-electron chi connectivity index (χ2n) is 5.32. The number of carbonyl (C=O) groups is 1. The van der Waals surface area contributed by atoms with Gasteiger partial charge in [0.25, 0.3) is 0 Å². The zero-order valence-corrected chi connectivity index (χ0v) is 13.4. The molecular weight excluding hydrogens is 300 g/mol. The fourth-order valence-electron chi connectivity index (χ4n) is 1.92. The average molecular weight is 321 g/mol. The Labute approximate surface area is 128 Å². The first-order valence-electron chi connectivity index (χ1n) is 6.50. The summed E-state index contributed by atoms with van der Waals surface area (Å²) in [5.41, 5.74) is 5.26.